The minimum absolute atomic E-state index is 0.0210. The Labute approximate surface area is 141 Å². The standard InChI is InChI=1S/C16H11Cl2F2NO2/c17-11-5-3-6-12(15(11)18)21-14(22)9-8-10-4-1-2-7-13(10)23-16(19)20/h1-9,16H,(H,21,22)/b9-8+. The Morgan fingerprint density at radius 2 is 1.87 bits per heavy atom. The van der Waals surface area contributed by atoms with E-state index in [4.69, 9.17) is 23.2 Å². The van der Waals surface area contributed by atoms with Gasteiger partial charge in [-0.1, -0.05) is 47.5 Å². The van der Waals surface area contributed by atoms with Gasteiger partial charge < -0.3 is 10.1 Å². The fraction of sp³-hybridized carbons (Fsp3) is 0.0625. The summed E-state index contributed by atoms with van der Waals surface area (Å²) in [7, 11) is 0. The first-order valence-corrected chi connectivity index (χ1v) is 7.20. The summed E-state index contributed by atoms with van der Waals surface area (Å²) >= 11 is 11.8. The van der Waals surface area contributed by atoms with Crippen LogP contribution in [0.1, 0.15) is 5.56 Å². The lowest BCUT2D eigenvalue weighted by Gasteiger charge is -2.08. The molecule has 0 bridgehead atoms. The summed E-state index contributed by atoms with van der Waals surface area (Å²) in [6.45, 7) is -2.94. The number of benzene rings is 2. The molecule has 120 valence electrons. The van der Waals surface area contributed by atoms with Gasteiger partial charge in [0.1, 0.15) is 5.75 Å². The SMILES string of the molecule is O=C(/C=C/c1ccccc1OC(F)F)Nc1cccc(Cl)c1Cl. The van der Waals surface area contributed by atoms with E-state index in [9.17, 15) is 13.6 Å². The van der Waals surface area contributed by atoms with Crippen molar-refractivity contribution in [3.63, 3.8) is 0 Å². The first-order valence-electron chi connectivity index (χ1n) is 6.44. The molecule has 0 saturated carbocycles. The maximum atomic E-state index is 12.3. The number of amides is 1. The van der Waals surface area contributed by atoms with Gasteiger partial charge in [-0.25, -0.2) is 0 Å². The highest BCUT2D eigenvalue weighted by Gasteiger charge is 2.08. The third-order valence-electron chi connectivity index (χ3n) is 2.76. The molecule has 1 N–H and O–H groups in total. The highest BCUT2D eigenvalue weighted by Crippen LogP contribution is 2.29. The first kappa shape index (κ1) is 17.2. The van der Waals surface area contributed by atoms with Crippen LogP contribution in [-0.2, 0) is 4.79 Å². The van der Waals surface area contributed by atoms with Crippen molar-refractivity contribution in [2.75, 3.05) is 5.32 Å². The zero-order valence-corrected chi connectivity index (χ0v) is 13.1. The summed E-state index contributed by atoms with van der Waals surface area (Å²) < 4.78 is 29.0. The summed E-state index contributed by atoms with van der Waals surface area (Å²) in [5.74, 6) is -0.506. The number of carbonyl (C=O) groups excluding carboxylic acids is 1. The smallest absolute Gasteiger partial charge is 0.387 e. The molecule has 23 heavy (non-hydrogen) atoms. The maximum Gasteiger partial charge on any atom is 0.387 e. The van der Waals surface area contributed by atoms with E-state index < -0.39 is 12.5 Å². The number of rotatable bonds is 5. The molecule has 0 atom stereocenters. The van der Waals surface area contributed by atoms with Gasteiger partial charge in [-0.05, 0) is 24.3 Å². The predicted octanol–water partition coefficient (Wildman–Crippen LogP) is 5.25. The topological polar surface area (TPSA) is 38.3 Å². The zero-order valence-electron chi connectivity index (χ0n) is 11.6. The number of ether oxygens (including phenoxy) is 1. The molecule has 7 heteroatoms. The second-order valence-corrected chi connectivity index (χ2v) is 5.13. The Morgan fingerprint density at radius 3 is 2.61 bits per heavy atom. The van der Waals surface area contributed by atoms with Gasteiger partial charge in [0.05, 0.1) is 15.7 Å². The zero-order chi connectivity index (χ0) is 16.8. The molecular formula is C16H11Cl2F2NO2. The summed E-state index contributed by atoms with van der Waals surface area (Å²) in [4.78, 5) is 11.9. The Kier molecular flexibility index (Phi) is 5.96. The number of para-hydroxylation sites is 1. The molecule has 0 aromatic heterocycles. The Morgan fingerprint density at radius 1 is 1.13 bits per heavy atom. The van der Waals surface area contributed by atoms with E-state index in [2.05, 4.69) is 10.1 Å². The van der Waals surface area contributed by atoms with E-state index in [1.807, 2.05) is 0 Å². The van der Waals surface area contributed by atoms with Crippen LogP contribution in [0.4, 0.5) is 14.5 Å². The van der Waals surface area contributed by atoms with Crippen molar-refractivity contribution in [3.8, 4) is 5.75 Å². The summed E-state index contributed by atoms with van der Waals surface area (Å²) in [5.41, 5.74) is 0.700. The van der Waals surface area contributed by atoms with E-state index in [1.54, 1.807) is 36.4 Å². The van der Waals surface area contributed by atoms with Crippen LogP contribution < -0.4 is 10.1 Å². The molecule has 0 unspecified atom stereocenters. The van der Waals surface area contributed by atoms with Crippen molar-refractivity contribution in [3.05, 3.63) is 64.1 Å². The maximum absolute atomic E-state index is 12.3. The summed E-state index contributed by atoms with van der Waals surface area (Å²) in [6, 6.07) is 11.0. The molecular weight excluding hydrogens is 347 g/mol. The lowest BCUT2D eigenvalue weighted by molar-refractivity contribution is -0.111. The molecule has 0 saturated heterocycles. The van der Waals surface area contributed by atoms with E-state index in [0.29, 0.717) is 16.3 Å². The van der Waals surface area contributed by atoms with Gasteiger partial charge in [-0.2, -0.15) is 8.78 Å². The molecule has 3 nitrogen and oxygen atoms in total. The number of hydrogen-bond donors (Lipinski definition) is 1. The lowest BCUT2D eigenvalue weighted by Crippen LogP contribution is -2.08. The van der Waals surface area contributed by atoms with Crippen LogP contribution in [0.2, 0.25) is 10.0 Å². The van der Waals surface area contributed by atoms with E-state index in [1.165, 1.54) is 18.2 Å². The van der Waals surface area contributed by atoms with Crippen LogP contribution in [-0.4, -0.2) is 12.5 Å². The molecule has 0 heterocycles. The third-order valence-corrected chi connectivity index (χ3v) is 3.58. The van der Waals surface area contributed by atoms with Crippen LogP contribution in [0.5, 0.6) is 5.75 Å². The summed E-state index contributed by atoms with van der Waals surface area (Å²) in [6.07, 6.45) is 2.55. The number of nitrogens with one attached hydrogen (secondary N) is 1. The normalized spacial score (nSPS) is 11.0. The van der Waals surface area contributed by atoms with Gasteiger partial charge in [0, 0.05) is 11.6 Å². The van der Waals surface area contributed by atoms with Crippen molar-refractivity contribution in [2.45, 2.75) is 6.61 Å². The minimum Gasteiger partial charge on any atom is -0.434 e. The van der Waals surface area contributed by atoms with Gasteiger partial charge in [-0.3, -0.25) is 4.79 Å². The van der Waals surface area contributed by atoms with Crippen molar-refractivity contribution < 1.29 is 18.3 Å². The van der Waals surface area contributed by atoms with Gasteiger partial charge in [0.2, 0.25) is 5.91 Å². The largest absolute Gasteiger partial charge is 0.434 e. The third kappa shape index (κ3) is 4.94. The van der Waals surface area contributed by atoms with Crippen LogP contribution in [0.25, 0.3) is 6.08 Å². The fourth-order valence-corrected chi connectivity index (χ4v) is 2.11. The van der Waals surface area contributed by atoms with Gasteiger partial charge in [-0.15, -0.1) is 0 Å². The van der Waals surface area contributed by atoms with E-state index in [-0.39, 0.29) is 10.8 Å². The fourth-order valence-electron chi connectivity index (χ4n) is 1.76. The molecule has 0 aliphatic carbocycles. The Hall–Kier alpha value is -2.11. The summed E-state index contributed by atoms with van der Waals surface area (Å²) in [5, 5.41) is 3.08. The van der Waals surface area contributed by atoms with Crippen LogP contribution in [0.15, 0.2) is 48.5 Å². The average molecular weight is 358 g/mol. The van der Waals surface area contributed by atoms with Crippen molar-refractivity contribution in [2.24, 2.45) is 0 Å². The molecule has 0 spiro atoms. The Balaban J connectivity index is 2.11. The Bertz CT molecular complexity index is 736. The molecule has 2 aromatic rings. The number of alkyl halides is 2. The second kappa shape index (κ2) is 7.94. The molecule has 2 aromatic carbocycles. The predicted molar refractivity (Wildman–Crippen MR) is 87.2 cm³/mol. The number of carbonyl (C=O) groups is 1. The first-order chi connectivity index (χ1) is 11.0. The number of hydrogen-bond acceptors (Lipinski definition) is 2. The van der Waals surface area contributed by atoms with Gasteiger partial charge in [0.15, 0.2) is 0 Å². The van der Waals surface area contributed by atoms with E-state index >= 15 is 0 Å². The van der Waals surface area contributed by atoms with Crippen LogP contribution in [0.3, 0.4) is 0 Å². The highest BCUT2D eigenvalue weighted by atomic mass is 35.5. The van der Waals surface area contributed by atoms with Crippen molar-refractivity contribution in [1.29, 1.82) is 0 Å². The molecule has 0 aliphatic rings. The van der Waals surface area contributed by atoms with Crippen molar-refractivity contribution >= 4 is 40.9 Å². The van der Waals surface area contributed by atoms with Gasteiger partial charge in [0.25, 0.3) is 0 Å². The lowest BCUT2D eigenvalue weighted by atomic mass is 10.2. The van der Waals surface area contributed by atoms with Gasteiger partial charge >= 0.3 is 6.61 Å². The second-order valence-electron chi connectivity index (χ2n) is 4.34. The number of anilines is 1. The number of halogens is 4. The average Bonchev–Trinajstić information content (AvgIpc) is 2.50. The molecule has 1 amide bonds. The minimum atomic E-state index is -2.94. The van der Waals surface area contributed by atoms with Crippen LogP contribution >= 0.6 is 23.2 Å². The molecule has 2 rings (SSSR count). The van der Waals surface area contributed by atoms with Crippen LogP contribution in [0, 0.1) is 0 Å². The molecule has 0 fully saturated rings. The molecule has 0 aliphatic heterocycles. The van der Waals surface area contributed by atoms with Crippen molar-refractivity contribution in [1.82, 2.24) is 0 Å². The van der Waals surface area contributed by atoms with E-state index in [0.717, 1.165) is 0 Å². The monoisotopic (exact) mass is 357 g/mol. The highest BCUT2D eigenvalue weighted by molar-refractivity contribution is 6.44. The molecule has 0 radical (unpaired) electrons. The quantitative estimate of drug-likeness (QED) is 0.742.